The minimum absolute atomic E-state index is 0.0525. The number of para-hydroxylation sites is 1. The van der Waals surface area contributed by atoms with Gasteiger partial charge in [0.05, 0.1) is 19.0 Å². The van der Waals surface area contributed by atoms with Crippen molar-refractivity contribution in [3.63, 3.8) is 0 Å². The fraction of sp³-hybridized carbons (Fsp3) is 0.269. The maximum atomic E-state index is 13.6. The number of hydrogen-bond acceptors (Lipinski definition) is 5. The zero-order valence-corrected chi connectivity index (χ0v) is 19.8. The highest BCUT2D eigenvalue weighted by molar-refractivity contribution is 7.18. The molecule has 0 bridgehead atoms. The largest absolute Gasteiger partial charge is 0.496 e. The molecule has 0 fully saturated rings. The van der Waals surface area contributed by atoms with E-state index in [2.05, 4.69) is 0 Å². The summed E-state index contributed by atoms with van der Waals surface area (Å²) in [6.07, 6.45) is 0.394. The van der Waals surface area contributed by atoms with E-state index < -0.39 is 0 Å². The molecular weight excluding hydrogens is 420 g/mol. The third-order valence-corrected chi connectivity index (χ3v) is 7.14. The van der Waals surface area contributed by atoms with E-state index in [-0.39, 0.29) is 17.9 Å². The van der Waals surface area contributed by atoms with Gasteiger partial charge >= 0.3 is 0 Å². The normalized spacial score (nSPS) is 11.2. The van der Waals surface area contributed by atoms with E-state index in [4.69, 9.17) is 9.72 Å². The molecular formula is C26H26N2O3S. The standard InChI is InChI=1S/C26H26N2O3S/c1-15-10-11-19(12-16(15)2)21(29)14-28-23(13-20-8-6-7-9-22(20)31-5)27-25-24(26(28)30)17(3)18(4)32-25/h6-12H,13-14H2,1-5H3. The number of fused-ring (bicyclic) bond motifs is 1. The number of nitrogens with zero attached hydrogens (tertiary/aromatic N) is 2. The molecule has 5 nitrogen and oxygen atoms in total. The van der Waals surface area contributed by atoms with Crippen LogP contribution in [0.15, 0.2) is 47.3 Å². The number of aryl methyl sites for hydroxylation is 4. The van der Waals surface area contributed by atoms with Crippen LogP contribution in [0.1, 0.15) is 43.3 Å². The fourth-order valence-electron chi connectivity index (χ4n) is 3.84. The molecule has 2 aromatic carbocycles. The molecule has 0 aliphatic heterocycles. The van der Waals surface area contributed by atoms with Gasteiger partial charge in [-0.3, -0.25) is 14.2 Å². The molecule has 0 aliphatic rings. The second-order valence-corrected chi connectivity index (χ2v) is 9.30. The van der Waals surface area contributed by atoms with Gasteiger partial charge in [-0.25, -0.2) is 4.98 Å². The summed E-state index contributed by atoms with van der Waals surface area (Å²) in [5.74, 6) is 1.18. The van der Waals surface area contributed by atoms with E-state index in [1.165, 1.54) is 15.9 Å². The van der Waals surface area contributed by atoms with Crippen LogP contribution in [-0.2, 0) is 13.0 Å². The van der Waals surface area contributed by atoms with Gasteiger partial charge in [-0.1, -0.05) is 30.3 Å². The van der Waals surface area contributed by atoms with E-state index >= 15 is 0 Å². The van der Waals surface area contributed by atoms with E-state index in [1.54, 1.807) is 7.11 Å². The molecule has 32 heavy (non-hydrogen) atoms. The second-order valence-electron chi connectivity index (χ2n) is 8.09. The van der Waals surface area contributed by atoms with Gasteiger partial charge in [-0.2, -0.15) is 0 Å². The van der Waals surface area contributed by atoms with Crippen molar-refractivity contribution in [3.8, 4) is 5.75 Å². The monoisotopic (exact) mass is 446 g/mol. The lowest BCUT2D eigenvalue weighted by atomic mass is 10.0. The Kier molecular flexibility index (Phi) is 5.98. The number of carbonyl (C=O) groups excluding carboxylic acids is 1. The first-order valence-corrected chi connectivity index (χ1v) is 11.3. The first-order valence-electron chi connectivity index (χ1n) is 10.5. The molecule has 4 rings (SSSR count). The number of carbonyl (C=O) groups is 1. The molecule has 0 N–H and O–H groups in total. The summed E-state index contributed by atoms with van der Waals surface area (Å²) in [4.78, 5) is 33.4. The number of methoxy groups -OCH3 is 1. The molecule has 0 amide bonds. The number of ketones is 1. The number of ether oxygens (including phenoxy) is 1. The molecule has 0 saturated carbocycles. The second kappa shape index (κ2) is 8.71. The summed E-state index contributed by atoms with van der Waals surface area (Å²) >= 11 is 1.51. The molecule has 164 valence electrons. The lowest BCUT2D eigenvalue weighted by Gasteiger charge is -2.14. The molecule has 2 heterocycles. The summed E-state index contributed by atoms with van der Waals surface area (Å²) in [5, 5.41) is 0.601. The van der Waals surface area contributed by atoms with Crippen molar-refractivity contribution in [3.05, 3.63) is 91.3 Å². The molecule has 0 spiro atoms. The van der Waals surface area contributed by atoms with E-state index in [1.807, 2.05) is 70.2 Å². The molecule has 0 radical (unpaired) electrons. The van der Waals surface area contributed by atoms with Gasteiger partial charge in [-0.15, -0.1) is 11.3 Å². The van der Waals surface area contributed by atoms with Gasteiger partial charge in [0.15, 0.2) is 5.78 Å². The smallest absolute Gasteiger partial charge is 0.262 e. The number of thiophene rings is 1. The van der Waals surface area contributed by atoms with Gasteiger partial charge in [0.2, 0.25) is 0 Å². The Hall–Kier alpha value is -3.25. The van der Waals surface area contributed by atoms with Crippen LogP contribution in [0, 0.1) is 27.7 Å². The van der Waals surface area contributed by atoms with Crippen LogP contribution in [0.3, 0.4) is 0 Å². The highest BCUT2D eigenvalue weighted by Crippen LogP contribution is 2.28. The molecule has 0 aliphatic carbocycles. The van der Waals surface area contributed by atoms with Crippen molar-refractivity contribution < 1.29 is 9.53 Å². The quantitative estimate of drug-likeness (QED) is 0.383. The van der Waals surface area contributed by atoms with Crippen molar-refractivity contribution in [2.24, 2.45) is 0 Å². The van der Waals surface area contributed by atoms with Crippen LogP contribution in [0.2, 0.25) is 0 Å². The lowest BCUT2D eigenvalue weighted by molar-refractivity contribution is 0.0969. The van der Waals surface area contributed by atoms with Crippen molar-refractivity contribution in [1.29, 1.82) is 0 Å². The van der Waals surface area contributed by atoms with E-state index in [9.17, 15) is 9.59 Å². The number of rotatable bonds is 6. The molecule has 4 aromatic rings. The molecule has 0 unspecified atom stereocenters. The lowest BCUT2D eigenvalue weighted by Crippen LogP contribution is -2.29. The first-order chi connectivity index (χ1) is 15.3. The van der Waals surface area contributed by atoms with Crippen LogP contribution < -0.4 is 10.3 Å². The summed E-state index contributed by atoms with van der Waals surface area (Å²) in [6.45, 7) is 7.87. The Morgan fingerprint density at radius 2 is 1.81 bits per heavy atom. The first kappa shape index (κ1) is 22.0. The van der Waals surface area contributed by atoms with Gasteiger partial charge in [0.1, 0.15) is 16.4 Å². The van der Waals surface area contributed by atoms with Crippen molar-refractivity contribution in [2.75, 3.05) is 7.11 Å². The zero-order valence-electron chi connectivity index (χ0n) is 19.0. The molecule has 0 atom stereocenters. The average Bonchev–Trinajstić information content (AvgIpc) is 3.06. The van der Waals surface area contributed by atoms with Crippen LogP contribution >= 0.6 is 11.3 Å². The van der Waals surface area contributed by atoms with E-state index in [0.29, 0.717) is 28.0 Å². The third-order valence-electron chi connectivity index (χ3n) is 6.04. The van der Waals surface area contributed by atoms with Crippen LogP contribution in [0.25, 0.3) is 10.2 Å². The van der Waals surface area contributed by atoms with Crippen molar-refractivity contribution in [1.82, 2.24) is 9.55 Å². The van der Waals surface area contributed by atoms with Crippen molar-refractivity contribution >= 4 is 27.3 Å². The number of aromatic nitrogens is 2. The molecule has 6 heteroatoms. The van der Waals surface area contributed by atoms with Crippen LogP contribution in [0.5, 0.6) is 5.75 Å². The van der Waals surface area contributed by atoms with Crippen molar-refractivity contribution in [2.45, 2.75) is 40.7 Å². The van der Waals surface area contributed by atoms with Crippen LogP contribution in [0.4, 0.5) is 0 Å². The maximum Gasteiger partial charge on any atom is 0.262 e. The Labute approximate surface area is 191 Å². The fourth-order valence-corrected chi connectivity index (χ4v) is 4.88. The summed E-state index contributed by atoms with van der Waals surface area (Å²) in [5.41, 5.74) is 4.45. The average molecular weight is 447 g/mol. The number of hydrogen-bond donors (Lipinski definition) is 0. The Morgan fingerprint density at radius 1 is 1.06 bits per heavy atom. The van der Waals surface area contributed by atoms with Crippen LogP contribution in [-0.4, -0.2) is 22.4 Å². The molecule has 0 saturated heterocycles. The number of benzene rings is 2. The predicted molar refractivity (Wildman–Crippen MR) is 129 cm³/mol. The summed E-state index contributed by atoms with van der Waals surface area (Å²) in [6, 6.07) is 13.3. The molecule has 2 aromatic heterocycles. The van der Waals surface area contributed by atoms with Gasteiger partial charge in [0.25, 0.3) is 5.56 Å². The minimum Gasteiger partial charge on any atom is -0.496 e. The predicted octanol–water partition coefficient (Wildman–Crippen LogP) is 5.17. The SMILES string of the molecule is COc1ccccc1Cc1nc2sc(C)c(C)c2c(=O)n1CC(=O)c1ccc(C)c(C)c1. The highest BCUT2D eigenvalue weighted by atomic mass is 32.1. The van der Waals surface area contributed by atoms with E-state index in [0.717, 1.165) is 32.9 Å². The highest BCUT2D eigenvalue weighted by Gasteiger charge is 2.20. The Balaban J connectivity index is 1.85. The summed E-state index contributed by atoms with van der Waals surface area (Å²) < 4.78 is 7.03. The topological polar surface area (TPSA) is 61.2 Å². The Bertz CT molecular complexity index is 1400. The van der Waals surface area contributed by atoms with Gasteiger partial charge < -0.3 is 4.74 Å². The van der Waals surface area contributed by atoms with Gasteiger partial charge in [0, 0.05) is 22.4 Å². The number of Topliss-reactive ketones (excluding diaryl/α,β-unsaturated/α-hetero) is 1. The summed E-state index contributed by atoms with van der Waals surface area (Å²) in [7, 11) is 1.62. The van der Waals surface area contributed by atoms with Gasteiger partial charge in [-0.05, 0) is 56.5 Å². The minimum atomic E-state index is -0.168. The zero-order chi connectivity index (χ0) is 23.0. The third kappa shape index (κ3) is 3.98. The maximum absolute atomic E-state index is 13.6. The Morgan fingerprint density at radius 3 is 2.53 bits per heavy atom.